The third-order valence-corrected chi connectivity index (χ3v) is 3.06. The van der Waals surface area contributed by atoms with Gasteiger partial charge in [0.2, 0.25) is 0 Å². The lowest BCUT2D eigenvalue weighted by Gasteiger charge is -2.08. The molecular weight excluding hydrogens is 280 g/mol. The van der Waals surface area contributed by atoms with Crippen molar-refractivity contribution in [1.82, 2.24) is 4.98 Å². The fraction of sp³-hybridized carbons (Fsp3) is 0.0769. The van der Waals surface area contributed by atoms with Crippen LogP contribution in [0.3, 0.4) is 0 Å². The van der Waals surface area contributed by atoms with Crippen molar-refractivity contribution in [2.75, 3.05) is 5.32 Å². The number of nitro groups is 1. The predicted molar refractivity (Wildman–Crippen MR) is 75.1 cm³/mol. The highest BCUT2D eigenvalue weighted by Crippen LogP contribution is 2.28. The Labute approximate surface area is 119 Å². The lowest BCUT2D eigenvalue weighted by molar-refractivity contribution is -0.385. The first-order valence-electron chi connectivity index (χ1n) is 5.59. The van der Waals surface area contributed by atoms with Crippen LogP contribution in [0, 0.1) is 28.4 Å². The van der Waals surface area contributed by atoms with E-state index in [9.17, 15) is 10.1 Å². The third kappa shape index (κ3) is 2.68. The molecule has 1 aromatic heterocycles. The molecule has 0 spiro atoms. The molecule has 0 aliphatic carbocycles. The maximum atomic E-state index is 10.9. The van der Waals surface area contributed by atoms with Gasteiger partial charge in [-0.05, 0) is 19.1 Å². The van der Waals surface area contributed by atoms with E-state index >= 15 is 0 Å². The summed E-state index contributed by atoms with van der Waals surface area (Å²) in [6.07, 6.45) is 1.44. The number of hydrogen-bond acceptors (Lipinski definition) is 5. The summed E-state index contributed by atoms with van der Waals surface area (Å²) >= 11 is 6.01. The molecule has 0 bridgehead atoms. The van der Waals surface area contributed by atoms with E-state index in [2.05, 4.69) is 10.3 Å². The van der Waals surface area contributed by atoms with Gasteiger partial charge in [0, 0.05) is 23.5 Å². The Hall–Kier alpha value is -2.65. The molecule has 0 saturated carbocycles. The first kappa shape index (κ1) is 13.8. The lowest BCUT2D eigenvalue weighted by atomic mass is 10.2. The summed E-state index contributed by atoms with van der Waals surface area (Å²) in [5, 5.41) is 22.8. The summed E-state index contributed by atoms with van der Waals surface area (Å²) in [4.78, 5) is 14.4. The molecule has 0 aliphatic heterocycles. The van der Waals surface area contributed by atoms with Crippen LogP contribution in [0.15, 0.2) is 30.5 Å². The van der Waals surface area contributed by atoms with Gasteiger partial charge in [0.25, 0.3) is 5.69 Å². The van der Waals surface area contributed by atoms with Crippen LogP contribution in [0.4, 0.5) is 17.2 Å². The highest BCUT2D eigenvalue weighted by molar-refractivity contribution is 6.34. The Balaban J connectivity index is 2.39. The molecule has 1 aromatic carbocycles. The zero-order valence-electron chi connectivity index (χ0n) is 10.4. The maximum Gasteiger partial charge on any atom is 0.274 e. The molecule has 0 radical (unpaired) electrons. The molecule has 0 atom stereocenters. The number of nitro benzene ring substituents is 1. The fourth-order valence-corrected chi connectivity index (χ4v) is 1.84. The number of halogens is 1. The molecule has 0 fully saturated rings. The molecule has 0 saturated heterocycles. The minimum absolute atomic E-state index is 0.00237. The number of anilines is 2. The van der Waals surface area contributed by atoms with Gasteiger partial charge in [-0.2, -0.15) is 5.26 Å². The Kier molecular flexibility index (Phi) is 3.82. The molecule has 0 unspecified atom stereocenters. The van der Waals surface area contributed by atoms with Crippen molar-refractivity contribution in [3.8, 4) is 6.07 Å². The van der Waals surface area contributed by atoms with Crippen molar-refractivity contribution in [1.29, 1.82) is 5.26 Å². The average Bonchev–Trinajstić information content (AvgIpc) is 2.43. The van der Waals surface area contributed by atoms with Crippen LogP contribution < -0.4 is 5.32 Å². The second-order valence-electron chi connectivity index (χ2n) is 4.02. The molecule has 1 N–H and O–H groups in total. The van der Waals surface area contributed by atoms with Crippen molar-refractivity contribution in [2.45, 2.75) is 6.92 Å². The number of nitrogens with one attached hydrogen (secondary N) is 1. The zero-order valence-corrected chi connectivity index (χ0v) is 11.2. The molecule has 7 heteroatoms. The van der Waals surface area contributed by atoms with Crippen LogP contribution in [-0.4, -0.2) is 9.91 Å². The average molecular weight is 289 g/mol. The van der Waals surface area contributed by atoms with Crippen LogP contribution in [0.1, 0.15) is 11.1 Å². The third-order valence-electron chi connectivity index (χ3n) is 2.68. The van der Waals surface area contributed by atoms with Crippen LogP contribution >= 0.6 is 11.6 Å². The monoisotopic (exact) mass is 288 g/mol. The Morgan fingerprint density at radius 3 is 2.85 bits per heavy atom. The smallest absolute Gasteiger partial charge is 0.274 e. The Morgan fingerprint density at radius 2 is 2.20 bits per heavy atom. The van der Waals surface area contributed by atoms with Crippen molar-refractivity contribution in [2.24, 2.45) is 0 Å². The topological polar surface area (TPSA) is 91.8 Å². The van der Waals surface area contributed by atoms with E-state index < -0.39 is 4.92 Å². The van der Waals surface area contributed by atoms with Gasteiger partial charge in [-0.15, -0.1) is 0 Å². The quantitative estimate of drug-likeness (QED) is 0.688. The zero-order chi connectivity index (χ0) is 14.7. The summed E-state index contributed by atoms with van der Waals surface area (Å²) in [5.74, 6) is 0.281. The van der Waals surface area contributed by atoms with Gasteiger partial charge in [0.15, 0.2) is 5.82 Å². The van der Waals surface area contributed by atoms with Crippen LogP contribution in [0.5, 0.6) is 0 Å². The molecule has 0 amide bonds. The van der Waals surface area contributed by atoms with Gasteiger partial charge in [-0.25, -0.2) is 4.98 Å². The summed E-state index contributed by atoms with van der Waals surface area (Å²) in [6.45, 7) is 1.66. The number of benzene rings is 1. The first-order chi connectivity index (χ1) is 9.52. The largest absolute Gasteiger partial charge is 0.339 e. The van der Waals surface area contributed by atoms with Crippen LogP contribution in [0.25, 0.3) is 0 Å². The van der Waals surface area contributed by atoms with E-state index in [0.29, 0.717) is 11.3 Å². The standard InChI is InChI=1S/C13H9ClN4O2/c1-8-2-3-10(6-11(8)18(19)20)17-13-12(14)9(7-15)4-5-16-13/h2-6H,1H3,(H,16,17). The number of aryl methyl sites for hydroxylation is 1. The van der Waals surface area contributed by atoms with E-state index in [1.807, 2.05) is 6.07 Å². The summed E-state index contributed by atoms with van der Waals surface area (Å²) in [7, 11) is 0. The summed E-state index contributed by atoms with van der Waals surface area (Å²) in [6, 6.07) is 8.13. The number of pyridine rings is 1. The van der Waals surface area contributed by atoms with Gasteiger partial charge < -0.3 is 5.32 Å². The van der Waals surface area contributed by atoms with Gasteiger partial charge in [-0.1, -0.05) is 17.7 Å². The van der Waals surface area contributed by atoms with Crippen molar-refractivity contribution < 1.29 is 4.92 Å². The lowest BCUT2D eigenvalue weighted by Crippen LogP contribution is -1.98. The van der Waals surface area contributed by atoms with E-state index in [1.54, 1.807) is 19.1 Å². The SMILES string of the molecule is Cc1ccc(Nc2nccc(C#N)c2Cl)cc1[N+](=O)[O-]. The maximum absolute atomic E-state index is 10.9. The normalized spacial score (nSPS) is 9.85. The minimum atomic E-state index is -0.457. The molecule has 20 heavy (non-hydrogen) atoms. The van der Waals surface area contributed by atoms with Crippen LogP contribution in [-0.2, 0) is 0 Å². The van der Waals surface area contributed by atoms with E-state index in [-0.39, 0.29) is 22.1 Å². The molecule has 100 valence electrons. The second-order valence-corrected chi connectivity index (χ2v) is 4.39. The first-order valence-corrected chi connectivity index (χ1v) is 5.97. The predicted octanol–water partition coefficient (Wildman–Crippen LogP) is 3.57. The number of aromatic nitrogens is 1. The van der Waals surface area contributed by atoms with Crippen molar-refractivity contribution in [3.05, 3.63) is 56.7 Å². The molecule has 0 aliphatic rings. The highest BCUT2D eigenvalue weighted by Gasteiger charge is 2.13. The van der Waals surface area contributed by atoms with Crippen molar-refractivity contribution >= 4 is 28.8 Å². The Bertz CT molecular complexity index is 725. The number of nitrogens with zero attached hydrogens (tertiary/aromatic N) is 3. The molecule has 6 nitrogen and oxygen atoms in total. The number of nitriles is 1. The van der Waals surface area contributed by atoms with Gasteiger partial charge >= 0.3 is 0 Å². The van der Waals surface area contributed by atoms with Gasteiger partial charge in [-0.3, -0.25) is 10.1 Å². The molecular formula is C13H9ClN4O2. The Morgan fingerprint density at radius 1 is 1.45 bits per heavy atom. The number of rotatable bonds is 3. The summed E-state index contributed by atoms with van der Waals surface area (Å²) < 4.78 is 0. The van der Waals surface area contributed by atoms with Gasteiger partial charge in [0.1, 0.15) is 11.1 Å². The minimum Gasteiger partial charge on any atom is -0.339 e. The highest BCUT2D eigenvalue weighted by atomic mass is 35.5. The van der Waals surface area contributed by atoms with Gasteiger partial charge in [0.05, 0.1) is 10.5 Å². The fourth-order valence-electron chi connectivity index (χ4n) is 1.64. The second kappa shape index (κ2) is 5.55. The molecule has 2 aromatic rings. The van der Waals surface area contributed by atoms with E-state index in [4.69, 9.17) is 16.9 Å². The van der Waals surface area contributed by atoms with E-state index in [1.165, 1.54) is 18.3 Å². The number of hydrogen-bond donors (Lipinski definition) is 1. The van der Waals surface area contributed by atoms with Crippen LogP contribution in [0.2, 0.25) is 5.02 Å². The van der Waals surface area contributed by atoms with Crippen molar-refractivity contribution in [3.63, 3.8) is 0 Å². The van der Waals surface area contributed by atoms with E-state index in [0.717, 1.165) is 0 Å². The molecule has 1 heterocycles. The molecule has 2 rings (SSSR count). The summed E-state index contributed by atoms with van der Waals surface area (Å²) in [5.41, 5.74) is 1.32.